The zero-order valence-corrected chi connectivity index (χ0v) is 12.3. The van der Waals surface area contributed by atoms with Crippen molar-refractivity contribution < 1.29 is 4.74 Å². The molecule has 2 rings (SSSR count). The van der Waals surface area contributed by atoms with Gasteiger partial charge in [0.2, 0.25) is 0 Å². The highest BCUT2D eigenvalue weighted by Crippen LogP contribution is 2.43. The summed E-state index contributed by atoms with van der Waals surface area (Å²) in [4.78, 5) is 0. The molecule has 0 bridgehead atoms. The van der Waals surface area contributed by atoms with Crippen molar-refractivity contribution in [2.24, 2.45) is 17.2 Å². The summed E-state index contributed by atoms with van der Waals surface area (Å²) in [5.41, 5.74) is 3.48. The van der Waals surface area contributed by atoms with Crippen LogP contribution in [0.2, 0.25) is 0 Å². The van der Waals surface area contributed by atoms with Crippen molar-refractivity contribution in [1.29, 1.82) is 0 Å². The maximum atomic E-state index is 6.18. The van der Waals surface area contributed by atoms with Crippen LogP contribution in [0.5, 0.6) is 0 Å². The molecule has 2 atom stereocenters. The van der Waals surface area contributed by atoms with Crippen molar-refractivity contribution in [1.82, 2.24) is 5.43 Å². The van der Waals surface area contributed by atoms with E-state index in [0.717, 1.165) is 13.0 Å². The average molecular weight is 254 g/mol. The lowest BCUT2D eigenvalue weighted by Gasteiger charge is -2.47. The molecule has 1 saturated heterocycles. The highest BCUT2D eigenvalue weighted by atomic mass is 16.5. The van der Waals surface area contributed by atoms with Gasteiger partial charge in [-0.2, -0.15) is 0 Å². The van der Waals surface area contributed by atoms with Gasteiger partial charge in [-0.25, -0.2) is 0 Å². The summed E-state index contributed by atoms with van der Waals surface area (Å²) >= 11 is 0. The molecule has 0 aromatic carbocycles. The molecular weight excluding hydrogens is 224 g/mol. The number of ether oxygens (including phenoxy) is 1. The minimum atomic E-state index is 0.182. The first-order chi connectivity index (χ1) is 8.47. The molecule has 0 amide bonds. The van der Waals surface area contributed by atoms with Crippen molar-refractivity contribution in [2.75, 3.05) is 6.61 Å². The van der Waals surface area contributed by atoms with Gasteiger partial charge in [-0.05, 0) is 37.0 Å². The van der Waals surface area contributed by atoms with Crippen molar-refractivity contribution in [3.8, 4) is 0 Å². The molecule has 3 heteroatoms. The summed E-state index contributed by atoms with van der Waals surface area (Å²) in [6.07, 6.45) is 8.91. The standard InChI is InChI=1S/C15H30N2O/c1-14(2,3)13(17-16)12-7-10-18-15(11-12)8-5-4-6-9-15/h12-13,17H,4-11,16H2,1-3H3. The van der Waals surface area contributed by atoms with Gasteiger partial charge in [0.1, 0.15) is 0 Å². The summed E-state index contributed by atoms with van der Waals surface area (Å²) in [6, 6.07) is 0.389. The number of nitrogens with one attached hydrogen (secondary N) is 1. The van der Waals surface area contributed by atoms with Crippen molar-refractivity contribution in [3.63, 3.8) is 0 Å². The molecular formula is C15H30N2O. The molecule has 0 aromatic rings. The van der Waals surface area contributed by atoms with E-state index in [1.807, 2.05) is 0 Å². The Morgan fingerprint density at radius 1 is 1.22 bits per heavy atom. The number of nitrogens with two attached hydrogens (primary N) is 1. The Kier molecular flexibility index (Phi) is 4.35. The van der Waals surface area contributed by atoms with Gasteiger partial charge >= 0.3 is 0 Å². The lowest BCUT2D eigenvalue weighted by molar-refractivity contribution is -0.126. The van der Waals surface area contributed by atoms with Crippen LogP contribution >= 0.6 is 0 Å². The van der Waals surface area contributed by atoms with E-state index in [4.69, 9.17) is 10.6 Å². The molecule has 106 valence electrons. The third-order valence-corrected chi connectivity index (χ3v) is 4.88. The fraction of sp³-hybridized carbons (Fsp3) is 1.00. The van der Waals surface area contributed by atoms with Crippen LogP contribution in [-0.4, -0.2) is 18.2 Å². The van der Waals surface area contributed by atoms with Crippen LogP contribution < -0.4 is 11.3 Å². The van der Waals surface area contributed by atoms with Gasteiger partial charge in [0.15, 0.2) is 0 Å². The fourth-order valence-corrected chi connectivity index (χ4v) is 3.99. The van der Waals surface area contributed by atoms with Gasteiger partial charge in [0.25, 0.3) is 0 Å². The molecule has 2 aliphatic rings. The topological polar surface area (TPSA) is 47.3 Å². The maximum absolute atomic E-state index is 6.18. The number of hydrogen-bond donors (Lipinski definition) is 2. The van der Waals surface area contributed by atoms with E-state index in [-0.39, 0.29) is 11.0 Å². The van der Waals surface area contributed by atoms with Gasteiger partial charge in [-0.3, -0.25) is 11.3 Å². The molecule has 2 fully saturated rings. The average Bonchev–Trinajstić information content (AvgIpc) is 2.29. The predicted molar refractivity (Wildman–Crippen MR) is 75.1 cm³/mol. The number of hydrazine groups is 1. The van der Waals surface area contributed by atoms with E-state index >= 15 is 0 Å². The molecule has 1 aliphatic heterocycles. The monoisotopic (exact) mass is 254 g/mol. The van der Waals surface area contributed by atoms with Crippen LogP contribution in [0.1, 0.15) is 65.7 Å². The summed E-state index contributed by atoms with van der Waals surface area (Å²) in [7, 11) is 0. The molecule has 1 saturated carbocycles. The minimum Gasteiger partial charge on any atom is -0.375 e. The largest absolute Gasteiger partial charge is 0.375 e. The Labute approximate surface area is 112 Å². The molecule has 1 heterocycles. The van der Waals surface area contributed by atoms with Gasteiger partial charge in [-0.1, -0.05) is 40.0 Å². The molecule has 18 heavy (non-hydrogen) atoms. The minimum absolute atomic E-state index is 0.182. The van der Waals surface area contributed by atoms with E-state index in [2.05, 4.69) is 26.2 Å². The number of hydrogen-bond acceptors (Lipinski definition) is 3. The molecule has 3 nitrogen and oxygen atoms in total. The van der Waals surface area contributed by atoms with Gasteiger partial charge in [0, 0.05) is 12.6 Å². The van der Waals surface area contributed by atoms with E-state index in [9.17, 15) is 0 Å². The Balaban J connectivity index is 2.05. The summed E-state index contributed by atoms with van der Waals surface area (Å²) in [6.45, 7) is 7.75. The van der Waals surface area contributed by atoms with Crippen molar-refractivity contribution in [2.45, 2.75) is 77.4 Å². The lowest BCUT2D eigenvalue weighted by Crippen LogP contribution is -2.54. The fourth-order valence-electron chi connectivity index (χ4n) is 3.99. The summed E-state index contributed by atoms with van der Waals surface area (Å²) < 4.78 is 6.18. The van der Waals surface area contributed by atoms with Gasteiger partial charge in [-0.15, -0.1) is 0 Å². The second kappa shape index (κ2) is 5.48. The second-order valence-electron chi connectivity index (χ2n) is 7.36. The number of rotatable bonds is 2. The van der Waals surface area contributed by atoms with Gasteiger partial charge < -0.3 is 4.74 Å². The van der Waals surface area contributed by atoms with E-state index in [0.29, 0.717) is 12.0 Å². The summed E-state index contributed by atoms with van der Waals surface area (Å²) in [5, 5.41) is 0. The van der Waals surface area contributed by atoms with Crippen LogP contribution in [0.3, 0.4) is 0 Å². The highest BCUT2D eigenvalue weighted by Gasteiger charge is 2.43. The summed E-state index contributed by atoms with van der Waals surface area (Å²) in [5.74, 6) is 6.47. The second-order valence-corrected chi connectivity index (χ2v) is 7.36. The van der Waals surface area contributed by atoms with Crippen LogP contribution in [0.15, 0.2) is 0 Å². The molecule has 0 radical (unpaired) electrons. The zero-order chi connectivity index (χ0) is 13.2. The lowest BCUT2D eigenvalue weighted by atomic mass is 9.69. The van der Waals surface area contributed by atoms with Crippen molar-refractivity contribution >= 4 is 0 Å². The normalized spacial score (nSPS) is 30.3. The van der Waals surface area contributed by atoms with Crippen LogP contribution in [0, 0.1) is 11.3 Å². The first-order valence-corrected chi connectivity index (χ1v) is 7.57. The quantitative estimate of drug-likeness (QED) is 0.588. The SMILES string of the molecule is CC(C)(C)C(NN)C1CCOC2(CCCCC2)C1. The van der Waals surface area contributed by atoms with E-state index in [1.165, 1.54) is 38.5 Å². The Hall–Kier alpha value is -0.120. The van der Waals surface area contributed by atoms with E-state index in [1.54, 1.807) is 0 Å². The Morgan fingerprint density at radius 3 is 2.44 bits per heavy atom. The zero-order valence-electron chi connectivity index (χ0n) is 12.3. The third kappa shape index (κ3) is 3.06. The first-order valence-electron chi connectivity index (χ1n) is 7.57. The smallest absolute Gasteiger partial charge is 0.0685 e. The molecule has 1 aliphatic carbocycles. The van der Waals surface area contributed by atoms with E-state index < -0.39 is 0 Å². The third-order valence-electron chi connectivity index (χ3n) is 4.88. The van der Waals surface area contributed by atoms with Gasteiger partial charge in [0.05, 0.1) is 5.60 Å². The van der Waals surface area contributed by atoms with Crippen LogP contribution in [0.25, 0.3) is 0 Å². The maximum Gasteiger partial charge on any atom is 0.0685 e. The molecule has 1 spiro atoms. The molecule has 3 N–H and O–H groups in total. The molecule has 2 unspecified atom stereocenters. The van der Waals surface area contributed by atoms with Crippen LogP contribution in [0.4, 0.5) is 0 Å². The predicted octanol–water partition coefficient (Wildman–Crippen LogP) is 2.99. The van der Waals surface area contributed by atoms with Crippen LogP contribution in [-0.2, 0) is 4.74 Å². The van der Waals surface area contributed by atoms with Crippen molar-refractivity contribution in [3.05, 3.63) is 0 Å². The Bertz CT molecular complexity index is 261. The Morgan fingerprint density at radius 2 is 1.89 bits per heavy atom. The molecule has 0 aromatic heterocycles. The first kappa shape index (κ1) is 14.3. The highest BCUT2D eigenvalue weighted by molar-refractivity contribution is 4.95.